The topological polar surface area (TPSA) is 38.3 Å². The average Bonchev–Trinajstić information content (AvgIpc) is 2.79. The maximum Gasteiger partial charge on any atom is 0.313 e. The van der Waals surface area contributed by atoms with Gasteiger partial charge in [-0.25, -0.2) is 0 Å². The van der Waals surface area contributed by atoms with Crippen LogP contribution in [0.2, 0.25) is 0 Å². The van der Waals surface area contributed by atoms with Crippen LogP contribution >= 0.6 is 0 Å². The van der Waals surface area contributed by atoms with Crippen molar-refractivity contribution in [2.45, 2.75) is 51.4 Å². The summed E-state index contributed by atoms with van der Waals surface area (Å²) in [6, 6.07) is 0. The highest BCUT2D eigenvalue weighted by atomic mass is 16.5. The lowest BCUT2D eigenvalue weighted by atomic mass is 9.68. The van der Waals surface area contributed by atoms with Crippen LogP contribution in [0.5, 0.6) is 0 Å². The van der Waals surface area contributed by atoms with Crippen LogP contribution in [0, 0.1) is 11.3 Å². The van der Waals surface area contributed by atoms with Gasteiger partial charge in [0.2, 0.25) is 0 Å². The SMILES string of the molecule is COC(=O)C1(CNCCC2CCCC2)CCC1. The summed E-state index contributed by atoms with van der Waals surface area (Å²) in [6.07, 6.45) is 10.1. The summed E-state index contributed by atoms with van der Waals surface area (Å²) in [4.78, 5) is 11.7. The second kappa shape index (κ2) is 5.85. The molecule has 0 aromatic carbocycles. The lowest BCUT2D eigenvalue weighted by molar-refractivity contribution is -0.158. The van der Waals surface area contributed by atoms with Crippen molar-refractivity contribution in [2.75, 3.05) is 20.2 Å². The summed E-state index contributed by atoms with van der Waals surface area (Å²) in [6.45, 7) is 1.87. The zero-order chi connectivity index (χ0) is 12.1. The van der Waals surface area contributed by atoms with Gasteiger partial charge in [-0.1, -0.05) is 32.1 Å². The van der Waals surface area contributed by atoms with E-state index in [1.165, 1.54) is 45.6 Å². The van der Waals surface area contributed by atoms with E-state index in [4.69, 9.17) is 4.74 Å². The quantitative estimate of drug-likeness (QED) is 0.571. The van der Waals surface area contributed by atoms with Crippen LogP contribution in [0.15, 0.2) is 0 Å². The van der Waals surface area contributed by atoms with Gasteiger partial charge in [0.15, 0.2) is 0 Å². The molecule has 98 valence electrons. The van der Waals surface area contributed by atoms with Crippen LogP contribution in [0.3, 0.4) is 0 Å². The van der Waals surface area contributed by atoms with Gasteiger partial charge in [-0.2, -0.15) is 0 Å². The first-order valence-electron chi connectivity index (χ1n) is 7.06. The van der Waals surface area contributed by atoms with Crippen LogP contribution < -0.4 is 5.32 Å². The van der Waals surface area contributed by atoms with Crippen molar-refractivity contribution in [1.29, 1.82) is 0 Å². The molecule has 0 saturated heterocycles. The molecule has 2 aliphatic rings. The first kappa shape index (κ1) is 12.9. The molecular weight excluding hydrogens is 214 g/mol. The normalized spacial score (nSPS) is 23.4. The van der Waals surface area contributed by atoms with Gasteiger partial charge in [-0.15, -0.1) is 0 Å². The highest BCUT2D eigenvalue weighted by Gasteiger charge is 2.44. The lowest BCUT2D eigenvalue weighted by Gasteiger charge is -2.39. The predicted octanol–water partition coefficient (Wildman–Crippen LogP) is 2.50. The molecule has 2 aliphatic carbocycles. The van der Waals surface area contributed by atoms with Gasteiger partial charge in [0, 0.05) is 6.54 Å². The fourth-order valence-electron chi connectivity index (χ4n) is 3.21. The number of carbonyl (C=O) groups excluding carboxylic acids is 1. The van der Waals surface area contributed by atoms with Crippen molar-refractivity contribution in [3.8, 4) is 0 Å². The van der Waals surface area contributed by atoms with Crippen LogP contribution in [0.25, 0.3) is 0 Å². The van der Waals surface area contributed by atoms with Crippen molar-refractivity contribution >= 4 is 5.97 Å². The Kier molecular flexibility index (Phi) is 4.43. The molecule has 2 saturated carbocycles. The molecule has 0 amide bonds. The summed E-state index contributed by atoms with van der Waals surface area (Å²) in [7, 11) is 1.50. The molecule has 2 fully saturated rings. The molecule has 0 aliphatic heterocycles. The molecular formula is C14H25NO2. The highest BCUT2D eigenvalue weighted by molar-refractivity contribution is 5.78. The summed E-state index contributed by atoms with van der Waals surface area (Å²) >= 11 is 0. The number of nitrogens with one attached hydrogen (secondary N) is 1. The number of hydrogen-bond donors (Lipinski definition) is 1. The Labute approximate surface area is 104 Å². The Morgan fingerprint density at radius 1 is 1.29 bits per heavy atom. The second-order valence-corrected chi connectivity index (χ2v) is 5.74. The first-order chi connectivity index (χ1) is 8.27. The van der Waals surface area contributed by atoms with E-state index < -0.39 is 0 Å². The fraction of sp³-hybridized carbons (Fsp3) is 0.929. The zero-order valence-corrected chi connectivity index (χ0v) is 11.0. The molecule has 0 aromatic rings. The molecule has 3 nitrogen and oxygen atoms in total. The van der Waals surface area contributed by atoms with E-state index in [1.54, 1.807) is 0 Å². The molecule has 0 radical (unpaired) electrons. The van der Waals surface area contributed by atoms with Crippen molar-refractivity contribution in [3.05, 3.63) is 0 Å². The van der Waals surface area contributed by atoms with Crippen LogP contribution in [0.4, 0.5) is 0 Å². The molecule has 0 aromatic heterocycles. The largest absolute Gasteiger partial charge is 0.469 e. The van der Waals surface area contributed by atoms with Gasteiger partial charge in [-0.05, 0) is 31.7 Å². The van der Waals surface area contributed by atoms with Gasteiger partial charge >= 0.3 is 5.97 Å². The Hall–Kier alpha value is -0.570. The van der Waals surface area contributed by atoms with Crippen LogP contribution in [0.1, 0.15) is 51.4 Å². The third-order valence-electron chi connectivity index (χ3n) is 4.60. The average molecular weight is 239 g/mol. The number of hydrogen-bond acceptors (Lipinski definition) is 3. The molecule has 1 N–H and O–H groups in total. The fourth-order valence-corrected chi connectivity index (χ4v) is 3.21. The molecule has 3 heteroatoms. The van der Waals surface area contributed by atoms with E-state index >= 15 is 0 Å². The van der Waals surface area contributed by atoms with E-state index in [2.05, 4.69) is 5.32 Å². The third-order valence-corrected chi connectivity index (χ3v) is 4.60. The summed E-state index contributed by atoms with van der Waals surface area (Å²) in [5, 5.41) is 3.47. The van der Waals surface area contributed by atoms with Crippen molar-refractivity contribution in [3.63, 3.8) is 0 Å². The number of ether oxygens (including phenoxy) is 1. The Morgan fingerprint density at radius 3 is 2.53 bits per heavy atom. The summed E-state index contributed by atoms with van der Waals surface area (Å²) in [5.74, 6) is 0.912. The van der Waals surface area contributed by atoms with Crippen LogP contribution in [-0.4, -0.2) is 26.2 Å². The Bertz CT molecular complexity index is 255. The van der Waals surface area contributed by atoms with E-state index in [0.717, 1.165) is 31.8 Å². The second-order valence-electron chi connectivity index (χ2n) is 5.74. The monoisotopic (exact) mass is 239 g/mol. The molecule has 2 rings (SSSR count). The van der Waals surface area contributed by atoms with Gasteiger partial charge < -0.3 is 10.1 Å². The summed E-state index contributed by atoms with van der Waals surface area (Å²) < 4.78 is 4.91. The maximum absolute atomic E-state index is 11.7. The Balaban J connectivity index is 1.64. The van der Waals surface area contributed by atoms with Gasteiger partial charge in [0.25, 0.3) is 0 Å². The highest BCUT2D eigenvalue weighted by Crippen LogP contribution is 2.41. The predicted molar refractivity (Wildman–Crippen MR) is 67.7 cm³/mol. The maximum atomic E-state index is 11.7. The van der Waals surface area contributed by atoms with Crippen LogP contribution in [-0.2, 0) is 9.53 Å². The molecule has 0 bridgehead atoms. The lowest BCUT2D eigenvalue weighted by Crippen LogP contribution is -2.47. The number of methoxy groups -OCH3 is 1. The van der Waals surface area contributed by atoms with Gasteiger partial charge in [0.05, 0.1) is 12.5 Å². The minimum absolute atomic E-state index is 0.0166. The molecule has 0 heterocycles. The molecule has 0 spiro atoms. The number of rotatable bonds is 6. The molecule has 0 unspecified atom stereocenters. The van der Waals surface area contributed by atoms with Crippen molar-refractivity contribution < 1.29 is 9.53 Å². The van der Waals surface area contributed by atoms with E-state index in [0.29, 0.717) is 0 Å². The van der Waals surface area contributed by atoms with Gasteiger partial charge in [-0.3, -0.25) is 4.79 Å². The van der Waals surface area contributed by atoms with E-state index in [1.807, 2.05) is 0 Å². The van der Waals surface area contributed by atoms with Crippen molar-refractivity contribution in [2.24, 2.45) is 11.3 Å². The molecule has 0 atom stereocenters. The third kappa shape index (κ3) is 3.01. The molecule has 17 heavy (non-hydrogen) atoms. The zero-order valence-electron chi connectivity index (χ0n) is 11.0. The number of carbonyl (C=O) groups is 1. The van der Waals surface area contributed by atoms with Gasteiger partial charge in [0.1, 0.15) is 0 Å². The summed E-state index contributed by atoms with van der Waals surface area (Å²) in [5.41, 5.74) is -0.190. The minimum Gasteiger partial charge on any atom is -0.469 e. The van der Waals surface area contributed by atoms with E-state index in [9.17, 15) is 4.79 Å². The first-order valence-corrected chi connectivity index (χ1v) is 7.06. The van der Waals surface area contributed by atoms with Crippen molar-refractivity contribution in [1.82, 2.24) is 5.32 Å². The van der Waals surface area contributed by atoms with E-state index in [-0.39, 0.29) is 11.4 Å². The standard InChI is InChI=1S/C14H25NO2/c1-17-13(16)14(8-4-9-14)11-15-10-7-12-5-2-3-6-12/h12,15H,2-11H2,1H3. The number of esters is 1. The minimum atomic E-state index is -0.190. The Morgan fingerprint density at radius 2 is 2.00 bits per heavy atom. The smallest absolute Gasteiger partial charge is 0.313 e.